The van der Waals surface area contributed by atoms with Gasteiger partial charge in [0.05, 0.1) is 20.1 Å². The van der Waals surface area contributed by atoms with E-state index < -0.39 is 11.9 Å². The fourth-order valence-electron chi connectivity index (χ4n) is 4.76. The van der Waals surface area contributed by atoms with Gasteiger partial charge in [0.15, 0.2) is 0 Å². The van der Waals surface area contributed by atoms with E-state index in [2.05, 4.69) is 12.1 Å². The Bertz CT molecular complexity index is 1450. The van der Waals surface area contributed by atoms with Gasteiger partial charge in [0, 0.05) is 30.1 Å². The molecule has 2 N–H and O–H groups in total. The number of fused-ring (bicyclic) bond motifs is 1. The summed E-state index contributed by atoms with van der Waals surface area (Å²) in [5, 5.41) is 19.3. The van der Waals surface area contributed by atoms with Gasteiger partial charge in [0.1, 0.15) is 11.5 Å². The smallest absolute Gasteiger partial charge is 0.307 e. The number of carboxylic acid groups (broad SMARTS) is 2. The van der Waals surface area contributed by atoms with Crippen molar-refractivity contribution in [2.75, 3.05) is 13.7 Å². The highest BCUT2D eigenvalue weighted by Crippen LogP contribution is 2.28. The van der Waals surface area contributed by atoms with Gasteiger partial charge in [-0.15, -0.1) is 0 Å². The molecule has 0 atom stereocenters. The Morgan fingerprint density at radius 3 is 2.30 bits per heavy atom. The molecular formula is C33H35NO6. The summed E-state index contributed by atoms with van der Waals surface area (Å²) in [6.45, 7) is 1.17. The summed E-state index contributed by atoms with van der Waals surface area (Å²) in [6.07, 6.45) is 9.28. The van der Waals surface area contributed by atoms with Gasteiger partial charge in [0.2, 0.25) is 0 Å². The first-order valence-electron chi connectivity index (χ1n) is 13.5. The third-order valence-electron chi connectivity index (χ3n) is 6.77. The summed E-state index contributed by atoms with van der Waals surface area (Å²) in [7, 11) is 1.67. The Kier molecular flexibility index (Phi) is 9.99. The first kappa shape index (κ1) is 28.5. The minimum atomic E-state index is -0.903. The summed E-state index contributed by atoms with van der Waals surface area (Å²) in [5.74, 6) is -0.0491. The van der Waals surface area contributed by atoms with Crippen molar-refractivity contribution >= 4 is 35.0 Å². The molecule has 4 rings (SSSR count). The van der Waals surface area contributed by atoms with E-state index in [0.29, 0.717) is 25.1 Å². The number of rotatable bonds is 15. The third kappa shape index (κ3) is 7.99. The maximum Gasteiger partial charge on any atom is 0.307 e. The van der Waals surface area contributed by atoms with Gasteiger partial charge in [0.25, 0.3) is 0 Å². The first-order chi connectivity index (χ1) is 19.4. The van der Waals surface area contributed by atoms with E-state index in [4.69, 9.17) is 14.6 Å². The number of carbonyl (C=O) groups is 2. The molecule has 0 spiro atoms. The van der Waals surface area contributed by atoms with Crippen LogP contribution in [0.2, 0.25) is 0 Å². The number of ether oxygens (including phenoxy) is 2. The number of aromatic nitrogens is 1. The molecule has 40 heavy (non-hydrogen) atoms. The van der Waals surface area contributed by atoms with Gasteiger partial charge in [-0.2, -0.15) is 0 Å². The number of hydrogen-bond donors (Lipinski definition) is 2. The van der Waals surface area contributed by atoms with Crippen molar-refractivity contribution in [3.05, 3.63) is 95.2 Å². The zero-order valence-electron chi connectivity index (χ0n) is 22.7. The molecule has 0 aliphatic rings. The van der Waals surface area contributed by atoms with Crippen LogP contribution in [-0.4, -0.2) is 40.4 Å². The third-order valence-corrected chi connectivity index (χ3v) is 6.77. The van der Waals surface area contributed by atoms with Crippen molar-refractivity contribution in [1.29, 1.82) is 0 Å². The maximum atomic E-state index is 11.5. The van der Waals surface area contributed by atoms with Gasteiger partial charge in [-0.3, -0.25) is 9.59 Å². The van der Waals surface area contributed by atoms with Crippen molar-refractivity contribution in [1.82, 2.24) is 4.57 Å². The lowest BCUT2D eigenvalue weighted by atomic mass is 10.0. The predicted octanol–water partition coefficient (Wildman–Crippen LogP) is 6.71. The quantitative estimate of drug-likeness (QED) is 0.128. The number of methoxy groups -OCH3 is 1. The van der Waals surface area contributed by atoms with E-state index in [1.165, 1.54) is 5.56 Å². The SMILES string of the molecule is COc1ccc(CCCCOc2ccc(/C=C/c3cccc4c3c(CC(=O)O)cn4CCCC(=O)O)cc2)cc1. The van der Waals surface area contributed by atoms with Gasteiger partial charge in [-0.25, -0.2) is 0 Å². The highest BCUT2D eigenvalue weighted by molar-refractivity contribution is 5.96. The van der Waals surface area contributed by atoms with Crippen LogP contribution < -0.4 is 9.47 Å². The van der Waals surface area contributed by atoms with E-state index in [1.807, 2.05) is 77.5 Å². The molecule has 208 valence electrons. The summed E-state index contributed by atoms with van der Waals surface area (Å²) < 4.78 is 13.1. The predicted molar refractivity (Wildman–Crippen MR) is 157 cm³/mol. The number of benzene rings is 3. The Morgan fingerprint density at radius 2 is 1.60 bits per heavy atom. The second kappa shape index (κ2) is 14.0. The zero-order valence-corrected chi connectivity index (χ0v) is 22.7. The molecule has 0 fully saturated rings. The molecule has 0 saturated heterocycles. The Hall–Kier alpha value is -4.52. The van der Waals surface area contributed by atoms with E-state index in [0.717, 1.165) is 52.8 Å². The molecule has 7 nitrogen and oxygen atoms in total. The van der Waals surface area contributed by atoms with Gasteiger partial charge >= 0.3 is 11.9 Å². The minimum Gasteiger partial charge on any atom is -0.497 e. The lowest BCUT2D eigenvalue weighted by Gasteiger charge is -2.07. The molecule has 1 heterocycles. The van der Waals surface area contributed by atoms with Crippen molar-refractivity contribution in [2.24, 2.45) is 0 Å². The molecule has 0 radical (unpaired) electrons. The van der Waals surface area contributed by atoms with E-state index in [1.54, 1.807) is 7.11 Å². The lowest BCUT2D eigenvalue weighted by molar-refractivity contribution is -0.137. The normalized spacial score (nSPS) is 11.2. The molecule has 4 aromatic rings. The van der Waals surface area contributed by atoms with Gasteiger partial charge in [-0.05, 0) is 78.3 Å². The average molecular weight is 542 g/mol. The largest absolute Gasteiger partial charge is 0.497 e. The van der Waals surface area contributed by atoms with Crippen LogP contribution in [-0.2, 0) is 29.0 Å². The summed E-state index contributed by atoms with van der Waals surface area (Å²) in [4.78, 5) is 22.5. The molecule has 0 aliphatic heterocycles. The number of nitrogens with zero attached hydrogens (tertiary/aromatic N) is 1. The van der Waals surface area contributed by atoms with E-state index >= 15 is 0 Å². The van der Waals surface area contributed by atoms with Gasteiger partial charge in [-0.1, -0.05) is 48.6 Å². The molecule has 0 amide bonds. The number of aliphatic carboxylic acids is 2. The Labute approximate surface area is 234 Å². The molecule has 0 saturated carbocycles. The average Bonchev–Trinajstić information content (AvgIpc) is 3.29. The second-order valence-electron chi connectivity index (χ2n) is 9.71. The minimum absolute atomic E-state index is 0.0664. The molecule has 3 aromatic carbocycles. The lowest BCUT2D eigenvalue weighted by Crippen LogP contribution is -2.01. The van der Waals surface area contributed by atoms with Crippen LogP contribution in [0.3, 0.4) is 0 Å². The second-order valence-corrected chi connectivity index (χ2v) is 9.71. The number of aryl methyl sites for hydroxylation is 2. The standard InChI is InChI=1S/C33H35NO6/c1-39-28-16-11-24(12-17-28)6-2-3-21-40-29-18-13-25(14-19-29)10-15-26-7-4-8-30-33(26)27(22-32(37)38)23-34(30)20-5-9-31(35)36/h4,7-8,10-19,23H,2-3,5-6,9,20-22H2,1H3,(H,35,36)(H,37,38)/b15-10+. The van der Waals surface area contributed by atoms with Crippen LogP contribution in [0, 0.1) is 0 Å². The molecule has 1 aromatic heterocycles. The van der Waals surface area contributed by atoms with Crippen LogP contribution in [0.4, 0.5) is 0 Å². The van der Waals surface area contributed by atoms with Crippen molar-refractivity contribution < 1.29 is 29.3 Å². The number of unbranched alkanes of at least 4 members (excludes halogenated alkanes) is 1. The van der Waals surface area contributed by atoms with Crippen LogP contribution >= 0.6 is 0 Å². The summed E-state index contributed by atoms with van der Waals surface area (Å²) in [5.41, 5.74) is 4.83. The van der Waals surface area contributed by atoms with Crippen LogP contribution in [0.25, 0.3) is 23.1 Å². The summed E-state index contributed by atoms with van der Waals surface area (Å²) >= 11 is 0. The Balaban J connectivity index is 1.36. The van der Waals surface area contributed by atoms with Gasteiger partial charge < -0.3 is 24.3 Å². The maximum absolute atomic E-state index is 11.5. The molecule has 0 unspecified atom stereocenters. The molecule has 7 heteroatoms. The van der Waals surface area contributed by atoms with E-state index in [-0.39, 0.29) is 12.8 Å². The molecule has 0 bridgehead atoms. The fraction of sp³-hybridized carbons (Fsp3) is 0.273. The highest BCUT2D eigenvalue weighted by Gasteiger charge is 2.14. The van der Waals surface area contributed by atoms with Crippen molar-refractivity contribution in [2.45, 2.75) is 45.1 Å². The zero-order chi connectivity index (χ0) is 28.3. The van der Waals surface area contributed by atoms with Crippen LogP contribution in [0.15, 0.2) is 72.9 Å². The molecular weight excluding hydrogens is 506 g/mol. The fourth-order valence-corrected chi connectivity index (χ4v) is 4.76. The monoisotopic (exact) mass is 541 g/mol. The highest BCUT2D eigenvalue weighted by atomic mass is 16.5. The van der Waals surface area contributed by atoms with E-state index in [9.17, 15) is 14.7 Å². The number of carboxylic acids is 2. The number of hydrogen-bond acceptors (Lipinski definition) is 4. The van der Waals surface area contributed by atoms with Crippen molar-refractivity contribution in [3.8, 4) is 11.5 Å². The van der Waals surface area contributed by atoms with Crippen LogP contribution in [0.1, 0.15) is 47.9 Å². The Morgan fingerprint density at radius 1 is 0.850 bits per heavy atom. The van der Waals surface area contributed by atoms with Crippen LogP contribution in [0.5, 0.6) is 11.5 Å². The topological polar surface area (TPSA) is 98.0 Å². The van der Waals surface area contributed by atoms with Crippen molar-refractivity contribution in [3.63, 3.8) is 0 Å². The molecule has 0 aliphatic carbocycles. The first-order valence-corrected chi connectivity index (χ1v) is 13.5. The summed E-state index contributed by atoms with van der Waals surface area (Å²) in [6, 6.07) is 21.9.